The third-order valence-electron chi connectivity index (χ3n) is 5.42. The largest absolute Gasteiger partial charge is 0.369 e. The fourth-order valence-corrected chi connectivity index (χ4v) is 3.90. The lowest BCUT2D eigenvalue weighted by Gasteiger charge is -2.32. The fraction of sp³-hybridized carbons (Fsp3) is 0.765. The Labute approximate surface area is 134 Å². The Kier molecular flexibility index (Phi) is 5.13. The van der Waals surface area contributed by atoms with E-state index in [1.54, 1.807) is 0 Å². The van der Waals surface area contributed by atoms with Crippen molar-refractivity contribution >= 4 is 0 Å². The van der Waals surface area contributed by atoms with E-state index in [0.29, 0.717) is 12.1 Å². The van der Waals surface area contributed by atoms with Crippen molar-refractivity contribution in [2.24, 2.45) is 5.92 Å². The monoisotopic (exact) mass is 305 g/mol. The predicted molar refractivity (Wildman–Crippen MR) is 90.6 cm³/mol. The van der Waals surface area contributed by atoms with E-state index in [-0.39, 0.29) is 0 Å². The molecule has 0 unspecified atom stereocenters. The summed E-state index contributed by atoms with van der Waals surface area (Å²) in [7, 11) is 2.05. The van der Waals surface area contributed by atoms with Gasteiger partial charge in [0, 0.05) is 37.4 Å². The van der Waals surface area contributed by atoms with Crippen LogP contribution < -0.4 is 21.5 Å². The van der Waals surface area contributed by atoms with Gasteiger partial charge in [0.25, 0.3) is 0 Å². The normalized spacial score (nSPS) is 27.5. The molecular weight excluding hydrogens is 274 g/mol. The van der Waals surface area contributed by atoms with Crippen molar-refractivity contribution in [1.29, 1.82) is 0 Å². The Morgan fingerprint density at radius 1 is 1.23 bits per heavy atom. The van der Waals surface area contributed by atoms with Crippen LogP contribution in [0, 0.1) is 5.92 Å². The van der Waals surface area contributed by atoms with E-state index in [2.05, 4.69) is 52.6 Å². The SMILES string of the molecule is CN[C@@H]1CCN(C2=CNNC(N[C@H](C)C3CCCCC3)=C2)C1. The molecule has 0 aromatic rings. The molecule has 0 aromatic carbocycles. The summed E-state index contributed by atoms with van der Waals surface area (Å²) in [4.78, 5) is 2.45. The highest BCUT2D eigenvalue weighted by Crippen LogP contribution is 2.27. The van der Waals surface area contributed by atoms with Crippen molar-refractivity contribution in [2.75, 3.05) is 20.1 Å². The van der Waals surface area contributed by atoms with Crippen molar-refractivity contribution in [3.05, 3.63) is 23.8 Å². The molecule has 0 aromatic heterocycles. The van der Waals surface area contributed by atoms with Crippen molar-refractivity contribution in [1.82, 2.24) is 26.4 Å². The summed E-state index contributed by atoms with van der Waals surface area (Å²) in [5, 5.41) is 7.05. The van der Waals surface area contributed by atoms with Crippen LogP contribution in [-0.4, -0.2) is 37.1 Å². The molecular formula is C17H31N5. The molecule has 22 heavy (non-hydrogen) atoms. The van der Waals surface area contributed by atoms with E-state index in [1.807, 2.05) is 0 Å². The first kappa shape index (κ1) is 15.5. The number of likely N-dealkylation sites (N-methyl/N-ethyl adjacent to an activating group) is 1. The molecule has 3 aliphatic rings. The van der Waals surface area contributed by atoms with Gasteiger partial charge in [-0.2, -0.15) is 0 Å². The molecule has 1 saturated carbocycles. The van der Waals surface area contributed by atoms with Crippen LogP contribution in [0.5, 0.6) is 0 Å². The smallest absolute Gasteiger partial charge is 0.120 e. The maximum atomic E-state index is 3.67. The summed E-state index contributed by atoms with van der Waals surface area (Å²) in [6.45, 7) is 4.54. The van der Waals surface area contributed by atoms with E-state index >= 15 is 0 Å². The summed E-state index contributed by atoms with van der Waals surface area (Å²) in [6.07, 6.45) is 12.5. The molecule has 4 N–H and O–H groups in total. The van der Waals surface area contributed by atoms with Crippen molar-refractivity contribution < 1.29 is 0 Å². The summed E-state index contributed by atoms with van der Waals surface area (Å²) in [6, 6.07) is 1.14. The third kappa shape index (κ3) is 3.69. The Balaban J connectivity index is 1.56. The second-order valence-corrected chi connectivity index (χ2v) is 6.95. The Morgan fingerprint density at radius 2 is 2.05 bits per heavy atom. The Morgan fingerprint density at radius 3 is 2.77 bits per heavy atom. The van der Waals surface area contributed by atoms with Gasteiger partial charge in [-0.15, -0.1) is 0 Å². The topological polar surface area (TPSA) is 51.4 Å². The quantitative estimate of drug-likeness (QED) is 0.622. The maximum Gasteiger partial charge on any atom is 0.120 e. The van der Waals surface area contributed by atoms with Gasteiger partial charge in [-0.25, -0.2) is 0 Å². The zero-order valence-corrected chi connectivity index (χ0v) is 14.0. The second-order valence-electron chi connectivity index (χ2n) is 6.95. The number of likely N-dealkylation sites (tertiary alicyclic amines) is 1. The average Bonchev–Trinajstić information content (AvgIpc) is 3.05. The van der Waals surface area contributed by atoms with E-state index in [4.69, 9.17) is 0 Å². The van der Waals surface area contributed by atoms with Gasteiger partial charge >= 0.3 is 0 Å². The van der Waals surface area contributed by atoms with Crippen molar-refractivity contribution in [3.63, 3.8) is 0 Å². The van der Waals surface area contributed by atoms with Crippen LogP contribution in [0.25, 0.3) is 0 Å². The van der Waals surface area contributed by atoms with Crippen molar-refractivity contribution in [3.8, 4) is 0 Å². The first-order valence-electron chi connectivity index (χ1n) is 8.88. The molecule has 1 aliphatic carbocycles. The number of rotatable bonds is 5. The molecule has 0 spiro atoms. The third-order valence-corrected chi connectivity index (χ3v) is 5.42. The molecule has 0 amide bonds. The highest BCUT2D eigenvalue weighted by atomic mass is 15.4. The molecule has 5 heteroatoms. The highest BCUT2D eigenvalue weighted by molar-refractivity contribution is 5.25. The first-order valence-corrected chi connectivity index (χ1v) is 8.88. The van der Waals surface area contributed by atoms with Crippen LogP contribution in [0.2, 0.25) is 0 Å². The first-order chi connectivity index (χ1) is 10.8. The predicted octanol–water partition coefficient (Wildman–Crippen LogP) is 1.63. The lowest BCUT2D eigenvalue weighted by atomic mass is 9.84. The summed E-state index contributed by atoms with van der Waals surface area (Å²) >= 11 is 0. The number of hydrogen-bond acceptors (Lipinski definition) is 5. The fourth-order valence-electron chi connectivity index (χ4n) is 3.90. The number of allylic oxidation sites excluding steroid dienone is 1. The molecule has 1 saturated heterocycles. The zero-order chi connectivity index (χ0) is 15.4. The van der Waals surface area contributed by atoms with Crippen LogP contribution in [0.1, 0.15) is 45.4 Å². The number of hydrazine groups is 1. The van der Waals surface area contributed by atoms with E-state index in [9.17, 15) is 0 Å². The van der Waals surface area contributed by atoms with Crippen LogP contribution in [0.3, 0.4) is 0 Å². The van der Waals surface area contributed by atoms with Crippen LogP contribution in [0.4, 0.5) is 0 Å². The van der Waals surface area contributed by atoms with E-state index in [0.717, 1.165) is 24.8 Å². The molecule has 0 bridgehead atoms. The van der Waals surface area contributed by atoms with Gasteiger partial charge in [0.2, 0.25) is 0 Å². The average molecular weight is 305 g/mol. The highest BCUT2D eigenvalue weighted by Gasteiger charge is 2.24. The molecule has 2 heterocycles. The molecule has 0 radical (unpaired) electrons. The molecule has 2 fully saturated rings. The van der Waals surface area contributed by atoms with E-state index < -0.39 is 0 Å². The van der Waals surface area contributed by atoms with Gasteiger partial charge in [0.15, 0.2) is 0 Å². The van der Waals surface area contributed by atoms with Gasteiger partial charge in [-0.3, -0.25) is 5.43 Å². The minimum atomic E-state index is 0.531. The maximum absolute atomic E-state index is 3.67. The molecule has 5 nitrogen and oxygen atoms in total. The Hall–Kier alpha value is -1.36. The van der Waals surface area contributed by atoms with E-state index in [1.165, 1.54) is 44.2 Å². The molecule has 3 rings (SSSR count). The van der Waals surface area contributed by atoms with Crippen molar-refractivity contribution in [2.45, 2.75) is 57.5 Å². The summed E-state index contributed by atoms with van der Waals surface area (Å²) in [5.74, 6) is 1.91. The number of nitrogens with one attached hydrogen (secondary N) is 4. The second kappa shape index (κ2) is 7.27. The standard InChI is InChI=1S/C17H31N5/c1-13(14-6-4-3-5-7-14)20-17-10-16(11-19-21-17)22-9-8-15(12-22)18-2/h10-11,13-15,18-21H,3-9,12H2,1-2H3/t13-,15-/m1/s1. The molecule has 124 valence electrons. The van der Waals surface area contributed by atoms with Crippen LogP contribution in [-0.2, 0) is 0 Å². The minimum Gasteiger partial charge on any atom is -0.369 e. The van der Waals surface area contributed by atoms with Crippen LogP contribution in [0.15, 0.2) is 23.8 Å². The number of hydrogen-bond donors (Lipinski definition) is 4. The summed E-state index contributed by atoms with van der Waals surface area (Å²) in [5.41, 5.74) is 7.72. The molecule has 2 atom stereocenters. The van der Waals surface area contributed by atoms with Gasteiger partial charge in [-0.05, 0) is 39.2 Å². The van der Waals surface area contributed by atoms with Gasteiger partial charge in [0.1, 0.15) is 5.82 Å². The lowest BCUT2D eigenvalue weighted by molar-refractivity contribution is 0.287. The van der Waals surface area contributed by atoms with Crippen LogP contribution >= 0.6 is 0 Å². The Bertz CT molecular complexity index is 425. The summed E-state index contributed by atoms with van der Waals surface area (Å²) < 4.78 is 0. The number of nitrogens with zero attached hydrogens (tertiary/aromatic N) is 1. The van der Waals surface area contributed by atoms with Gasteiger partial charge in [-0.1, -0.05) is 19.3 Å². The lowest BCUT2D eigenvalue weighted by Crippen LogP contribution is -2.44. The zero-order valence-electron chi connectivity index (χ0n) is 14.0. The minimum absolute atomic E-state index is 0.531. The van der Waals surface area contributed by atoms with Gasteiger partial charge < -0.3 is 21.0 Å². The van der Waals surface area contributed by atoms with Gasteiger partial charge in [0.05, 0.1) is 5.70 Å². The molecule has 2 aliphatic heterocycles.